The first-order valence-corrected chi connectivity index (χ1v) is 32.4. The number of benzene rings is 5. The second-order valence-corrected chi connectivity index (χ2v) is 23.7. The number of Topliss-reactive ketones (excluding diaryl/α,β-unsaturated/α-hetero) is 1. The van der Waals surface area contributed by atoms with E-state index in [4.69, 9.17) is 52.1 Å². The second-order valence-electron chi connectivity index (χ2n) is 23.7. The summed E-state index contributed by atoms with van der Waals surface area (Å²) in [4.78, 5) is 84.0. The van der Waals surface area contributed by atoms with Gasteiger partial charge in [0, 0.05) is 19.4 Å². The zero-order valence-electron chi connectivity index (χ0n) is 54.1. The quantitative estimate of drug-likeness (QED) is 0.0110. The molecule has 0 radical (unpaired) electrons. The van der Waals surface area contributed by atoms with Gasteiger partial charge in [-0.3, -0.25) is 20.4 Å². The predicted octanol–water partition coefficient (Wildman–Crippen LogP) is 6.64. The molecule has 5 aromatic carbocycles. The van der Waals surface area contributed by atoms with Gasteiger partial charge in [-0.05, 0) is 52.5 Å². The van der Waals surface area contributed by atoms with Crippen LogP contribution in [0.2, 0.25) is 0 Å². The van der Waals surface area contributed by atoms with Gasteiger partial charge >= 0.3 is 30.5 Å². The van der Waals surface area contributed by atoms with Gasteiger partial charge in [0.05, 0.1) is 37.6 Å². The number of ether oxygens (including phenoxy) is 11. The highest BCUT2D eigenvalue weighted by molar-refractivity contribution is 6.01. The molecule has 3 heterocycles. The molecule has 9 N–H and O–H groups in total. The van der Waals surface area contributed by atoms with E-state index in [1.165, 1.54) is 0 Å². The van der Waals surface area contributed by atoms with Gasteiger partial charge in [0.1, 0.15) is 75.6 Å². The smallest absolute Gasteiger partial charge is 0.414 e. The molecule has 27 heteroatoms. The van der Waals surface area contributed by atoms with Crippen molar-refractivity contribution < 1.29 is 101 Å². The first-order valence-electron chi connectivity index (χ1n) is 32.4. The summed E-state index contributed by atoms with van der Waals surface area (Å²) in [7, 11) is 0. The molecule has 9 rings (SSSR count). The van der Waals surface area contributed by atoms with Crippen LogP contribution in [0.1, 0.15) is 67.3 Å². The molecule has 5 aromatic rings. The van der Waals surface area contributed by atoms with Crippen LogP contribution in [0.15, 0.2) is 181 Å². The normalized spacial score (nSPS) is 25.9. The van der Waals surface area contributed by atoms with Crippen LogP contribution in [0.3, 0.4) is 0 Å². The van der Waals surface area contributed by atoms with Gasteiger partial charge in [-0.1, -0.05) is 190 Å². The Morgan fingerprint density at radius 3 is 1.40 bits per heavy atom. The lowest BCUT2D eigenvalue weighted by Gasteiger charge is -2.46. The first kappa shape index (κ1) is 73.1. The molecule has 0 spiro atoms. The summed E-state index contributed by atoms with van der Waals surface area (Å²) in [5, 5.41) is 60.2. The lowest BCUT2D eigenvalue weighted by Crippen LogP contribution is -2.58. The van der Waals surface area contributed by atoms with Crippen LogP contribution in [0.5, 0.6) is 0 Å². The fourth-order valence-electron chi connectivity index (χ4n) is 11.2. The molecular weight excluding hydrogens is 1270 g/mol. The Balaban J connectivity index is 0.910. The van der Waals surface area contributed by atoms with Crippen molar-refractivity contribution in [3.8, 4) is 0 Å². The molecule has 1 saturated carbocycles. The summed E-state index contributed by atoms with van der Waals surface area (Å²) in [6.07, 6.45) is -14.3. The number of nitrogens with one attached hydrogen (secondary N) is 5. The Labute approximate surface area is 566 Å². The first-order chi connectivity index (χ1) is 47.6. The highest BCUT2D eigenvalue weighted by atomic mass is 16.8. The minimum Gasteiger partial charge on any atom is -0.445 e. The molecule has 0 unspecified atom stereocenters. The van der Waals surface area contributed by atoms with Crippen molar-refractivity contribution in [1.29, 1.82) is 0 Å². The van der Waals surface area contributed by atoms with Crippen molar-refractivity contribution >= 4 is 42.2 Å². The van der Waals surface area contributed by atoms with Crippen LogP contribution in [0.25, 0.3) is 0 Å². The number of rotatable bonds is 28. The molecule has 4 aliphatic rings. The number of alkyl carbamates (subject to hydrolysis) is 5. The van der Waals surface area contributed by atoms with Crippen molar-refractivity contribution in [3.63, 3.8) is 0 Å². The Bertz CT molecular complexity index is 3360. The Morgan fingerprint density at radius 2 is 0.939 bits per heavy atom. The van der Waals surface area contributed by atoms with E-state index < -0.39 is 153 Å². The number of guanidine groups is 1. The van der Waals surface area contributed by atoms with E-state index in [0.717, 1.165) is 11.1 Å². The summed E-state index contributed by atoms with van der Waals surface area (Å²) in [6, 6.07) is 42.7. The minimum absolute atomic E-state index is 0.00537. The average Bonchev–Trinajstić information content (AvgIpc) is 1.56. The number of carbonyl (C=O) groups is 6. The van der Waals surface area contributed by atoms with Crippen molar-refractivity contribution in [2.45, 2.75) is 158 Å². The molecule has 5 amide bonds. The topological polar surface area (TPSA) is 357 Å². The number of aliphatic imine (C=N–C) groups is 1. The van der Waals surface area contributed by atoms with Gasteiger partial charge in [0.25, 0.3) is 0 Å². The van der Waals surface area contributed by atoms with Gasteiger partial charge in [-0.25, -0.2) is 24.0 Å². The fourth-order valence-corrected chi connectivity index (χ4v) is 11.2. The highest BCUT2D eigenvalue weighted by Gasteiger charge is 2.53. The monoisotopic (exact) mass is 1360 g/mol. The summed E-state index contributed by atoms with van der Waals surface area (Å²) in [6.45, 7) is 2.09. The molecule has 27 nitrogen and oxygen atoms in total. The van der Waals surface area contributed by atoms with E-state index in [1.807, 2.05) is 49.4 Å². The third-order valence-corrected chi connectivity index (χ3v) is 16.4. The maximum Gasteiger partial charge on any atom is 0.414 e. The summed E-state index contributed by atoms with van der Waals surface area (Å²) in [5.74, 6) is -2.70. The molecule has 2 fully saturated rings. The van der Waals surface area contributed by atoms with E-state index in [0.29, 0.717) is 23.1 Å². The Morgan fingerprint density at radius 1 is 0.520 bits per heavy atom. The van der Waals surface area contributed by atoms with Crippen LogP contribution in [-0.4, -0.2) is 168 Å². The van der Waals surface area contributed by atoms with Crippen LogP contribution in [0, 0.1) is 11.8 Å². The second kappa shape index (κ2) is 37.6. The Hall–Kier alpha value is -9.13. The van der Waals surface area contributed by atoms with Crippen LogP contribution < -0.4 is 26.6 Å². The number of hydrogen-bond acceptors (Lipinski definition) is 22. The number of amides is 5. The van der Waals surface area contributed by atoms with Crippen molar-refractivity contribution in [2.24, 2.45) is 16.8 Å². The number of aliphatic hydroxyl groups excluding tert-OH is 4. The molecule has 98 heavy (non-hydrogen) atoms. The maximum absolute atomic E-state index is 14.2. The largest absolute Gasteiger partial charge is 0.445 e. The SMILES string of the molecule is CC[C@@H]1C=C[C@@H](NC(=O)OCc2ccccc2)[C@@H](O[C@H]2[C@H](O[C@@H]3O[C@H](CO)[C@@H](O[C@H]4O[C@@H](CNC(=O)OCc5ccccc5)C=C[C@H]4NC(=O)OCc4ccccc4)[C@H]3O)[C@@H](O)[C@H](CC(=O)[C@@H](O)CCN=C(NC(=O)OCc3ccccc3)NC(=O)OCc3ccccc3)C[C@@H]2C)O1. The zero-order chi connectivity index (χ0) is 69.2. The van der Waals surface area contributed by atoms with Gasteiger partial charge in [-0.2, -0.15) is 0 Å². The summed E-state index contributed by atoms with van der Waals surface area (Å²) >= 11 is 0. The zero-order valence-corrected chi connectivity index (χ0v) is 54.1. The minimum atomic E-state index is -1.79. The van der Waals surface area contributed by atoms with E-state index >= 15 is 0 Å². The number of hydrogen-bond donors (Lipinski definition) is 9. The van der Waals surface area contributed by atoms with Crippen molar-refractivity contribution in [1.82, 2.24) is 26.6 Å². The third kappa shape index (κ3) is 22.5. The molecule has 0 bridgehead atoms. The Kier molecular flexibility index (Phi) is 28.0. The van der Waals surface area contributed by atoms with E-state index in [2.05, 4.69) is 31.6 Å². The van der Waals surface area contributed by atoms with Crippen molar-refractivity contribution in [3.05, 3.63) is 204 Å². The lowest BCUT2D eigenvalue weighted by molar-refractivity contribution is -0.291. The van der Waals surface area contributed by atoms with Crippen LogP contribution in [0.4, 0.5) is 24.0 Å². The third-order valence-electron chi connectivity index (χ3n) is 16.4. The number of ketones is 1. The summed E-state index contributed by atoms with van der Waals surface area (Å²) in [5.41, 5.74) is 3.58. The molecule has 1 aliphatic carbocycles. The molecule has 3 aliphatic heterocycles. The van der Waals surface area contributed by atoms with Crippen LogP contribution in [-0.2, 0) is 89.9 Å². The predicted molar refractivity (Wildman–Crippen MR) is 349 cm³/mol. The lowest BCUT2D eigenvalue weighted by atomic mass is 9.74. The molecular formula is C71H84N6O21. The fraction of sp³-hybridized carbons (Fsp3) is 0.423. The number of nitrogens with zero attached hydrogens (tertiary/aromatic N) is 1. The number of aliphatic hydroxyl groups is 4. The van der Waals surface area contributed by atoms with E-state index in [1.54, 1.807) is 140 Å². The highest BCUT2D eigenvalue weighted by Crippen LogP contribution is 2.40. The van der Waals surface area contributed by atoms with Gasteiger partial charge in [0.2, 0.25) is 5.96 Å². The number of carbonyl (C=O) groups excluding carboxylic acids is 6. The van der Waals surface area contributed by atoms with Crippen LogP contribution >= 0.6 is 0 Å². The molecule has 524 valence electrons. The molecule has 16 atom stereocenters. The summed E-state index contributed by atoms with van der Waals surface area (Å²) < 4.78 is 65.9. The van der Waals surface area contributed by atoms with E-state index in [9.17, 15) is 49.2 Å². The van der Waals surface area contributed by atoms with Gasteiger partial charge in [0.15, 0.2) is 24.7 Å². The van der Waals surface area contributed by atoms with Gasteiger partial charge < -0.3 is 88.5 Å². The maximum atomic E-state index is 14.2. The van der Waals surface area contributed by atoms with E-state index in [-0.39, 0.29) is 59.0 Å². The average molecular weight is 1360 g/mol. The standard InChI is InChI=1S/C71H84N6O21/c1-3-51-29-31-53(74-68(84)89-40-46-21-11-5-12-22-46)63(93-51)96-60-44(2)35-50(36-56(80)55(79)33-34-72-66(76-70(86)91-42-48-25-15-7-16-26-48)77-71(87)92-43-49-27-17-8-18-28-49)58(81)62(60)98-65-59(82)61(57(38-78)95-65)97-64-54(75-69(85)90-41-47-23-13-6-14-24-47)32-30-52(94-64)37-73-67(83)88-39-45-19-9-4-10-20-45/h4-32,44,50-55,57-65,78-79,81-82H,3,33-43H2,1-2H3,(H,73,83)(H,74,84)(H,75,85)(H2,72,76,77,86,87)/t44-,50-,51+,52+,53+,54+,55-,57+,58-,59+,60+,61+,62+,63+,64+,65-/m0/s1. The van der Waals surface area contributed by atoms with Crippen molar-refractivity contribution in [2.75, 3.05) is 19.7 Å². The molecule has 1 saturated heterocycles. The van der Waals surface area contributed by atoms with Gasteiger partial charge in [-0.15, -0.1) is 0 Å². The molecule has 0 aromatic heterocycles.